The summed E-state index contributed by atoms with van der Waals surface area (Å²) in [6.07, 6.45) is 1.74. The molecular formula is C22H25N5O4. The molecule has 3 N–H and O–H groups in total. The van der Waals surface area contributed by atoms with Gasteiger partial charge in [0, 0.05) is 50.0 Å². The molecule has 0 aliphatic carbocycles. The van der Waals surface area contributed by atoms with Gasteiger partial charge in [-0.3, -0.25) is 9.59 Å². The Kier molecular flexibility index (Phi) is 6.21. The van der Waals surface area contributed by atoms with Gasteiger partial charge < -0.3 is 29.8 Å². The Hall–Kier alpha value is -3.75. The Balaban J connectivity index is 1.18. The minimum Gasteiger partial charge on any atom is -0.467 e. The van der Waals surface area contributed by atoms with E-state index in [-0.39, 0.29) is 30.8 Å². The largest absolute Gasteiger partial charge is 0.467 e. The van der Waals surface area contributed by atoms with E-state index in [0.717, 1.165) is 10.9 Å². The first-order chi connectivity index (χ1) is 15.1. The molecule has 0 unspecified atom stereocenters. The van der Waals surface area contributed by atoms with Gasteiger partial charge in [0.05, 0.1) is 12.8 Å². The van der Waals surface area contributed by atoms with Crippen LogP contribution in [0.3, 0.4) is 0 Å². The fourth-order valence-corrected chi connectivity index (χ4v) is 3.55. The number of carbonyl (C=O) groups excluding carboxylic acids is 3. The van der Waals surface area contributed by atoms with Crippen LogP contribution in [0.2, 0.25) is 0 Å². The van der Waals surface area contributed by atoms with Gasteiger partial charge in [0.1, 0.15) is 11.5 Å². The van der Waals surface area contributed by atoms with Gasteiger partial charge in [-0.05, 0) is 24.3 Å². The Labute approximate surface area is 179 Å². The summed E-state index contributed by atoms with van der Waals surface area (Å²) in [5.74, 6) is 0.451. The second kappa shape index (κ2) is 9.38. The summed E-state index contributed by atoms with van der Waals surface area (Å²) in [6, 6.07) is 12.9. The standard InChI is InChI=1S/C22H25N5O4/c28-20(24-15-17-5-3-13-31-17)7-8-23-22(30)27-11-9-26(10-12-27)21(29)19-14-16-4-1-2-6-18(16)25-19/h1-6,13-14,25H,7-12,15H2,(H,23,30)(H,24,28). The minimum absolute atomic E-state index is 0.0653. The highest BCUT2D eigenvalue weighted by Gasteiger charge is 2.25. The van der Waals surface area contributed by atoms with Gasteiger partial charge in [0.15, 0.2) is 0 Å². The highest BCUT2D eigenvalue weighted by molar-refractivity contribution is 5.98. The quantitative estimate of drug-likeness (QED) is 0.563. The van der Waals surface area contributed by atoms with Gasteiger partial charge in [-0.1, -0.05) is 18.2 Å². The molecule has 1 aliphatic heterocycles. The summed E-state index contributed by atoms with van der Waals surface area (Å²) in [5.41, 5.74) is 1.48. The number of hydrogen-bond acceptors (Lipinski definition) is 4. The maximum Gasteiger partial charge on any atom is 0.317 e. The molecule has 1 aromatic carbocycles. The molecule has 2 aromatic heterocycles. The molecule has 4 rings (SSSR count). The van der Waals surface area contributed by atoms with E-state index >= 15 is 0 Å². The zero-order valence-electron chi connectivity index (χ0n) is 17.1. The van der Waals surface area contributed by atoms with Crippen LogP contribution in [0.4, 0.5) is 4.79 Å². The lowest BCUT2D eigenvalue weighted by Crippen LogP contribution is -2.53. The number of piperazine rings is 1. The van der Waals surface area contributed by atoms with Crippen molar-refractivity contribution in [3.63, 3.8) is 0 Å². The zero-order valence-corrected chi connectivity index (χ0v) is 17.1. The van der Waals surface area contributed by atoms with Gasteiger partial charge in [-0.2, -0.15) is 0 Å². The normalized spacial score (nSPS) is 13.9. The van der Waals surface area contributed by atoms with Gasteiger partial charge in [-0.15, -0.1) is 0 Å². The highest BCUT2D eigenvalue weighted by atomic mass is 16.3. The molecule has 0 spiro atoms. The molecule has 0 atom stereocenters. The number of para-hydroxylation sites is 1. The maximum atomic E-state index is 12.8. The minimum atomic E-state index is -0.225. The molecule has 1 aliphatic rings. The Morgan fingerprint density at radius 3 is 2.48 bits per heavy atom. The number of carbonyl (C=O) groups is 3. The average molecular weight is 423 g/mol. The van der Waals surface area contributed by atoms with E-state index < -0.39 is 0 Å². The number of aromatic nitrogens is 1. The number of furan rings is 1. The molecule has 4 amide bonds. The molecule has 3 aromatic rings. The van der Waals surface area contributed by atoms with E-state index in [0.29, 0.717) is 44.2 Å². The predicted octanol–water partition coefficient (Wildman–Crippen LogP) is 1.93. The van der Waals surface area contributed by atoms with Crippen molar-refractivity contribution in [1.82, 2.24) is 25.4 Å². The van der Waals surface area contributed by atoms with E-state index in [4.69, 9.17) is 4.42 Å². The van der Waals surface area contributed by atoms with Gasteiger partial charge in [0.25, 0.3) is 5.91 Å². The number of amides is 4. The van der Waals surface area contributed by atoms with Crippen LogP contribution < -0.4 is 10.6 Å². The number of rotatable bonds is 6. The molecule has 9 nitrogen and oxygen atoms in total. The fourth-order valence-electron chi connectivity index (χ4n) is 3.55. The monoisotopic (exact) mass is 423 g/mol. The lowest BCUT2D eigenvalue weighted by atomic mass is 10.2. The number of nitrogens with zero attached hydrogens (tertiary/aromatic N) is 2. The number of fused-ring (bicyclic) bond motifs is 1. The molecule has 9 heteroatoms. The van der Waals surface area contributed by atoms with Crippen molar-refractivity contribution in [1.29, 1.82) is 0 Å². The third-order valence-electron chi connectivity index (χ3n) is 5.28. The Morgan fingerprint density at radius 1 is 0.968 bits per heavy atom. The van der Waals surface area contributed by atoms with Crippen LogP contribution in [-0.2, 0) is 11.3 Å². The molecule has 0 radical (unpaired) electrons. The number of urea groups is 1. The van der Waals surface area contributed by atoms with Crippen LogP contribution in [0.15, 0.2) is 53.1 Å². The van der Waals surface area contributed by atoms with Crippen LogP contribution in [0.25, 0.3) is 10.9 Å². The smallest absolute Gasteiger partial charge is 0.317 e. The third kappa shape index (κ3) is 5.06. The molecule has 162 valence electrons. The number of nitrogens with one attached hydrogen (secondary N) is 3. The number of hydrogen-bond donors (Lipinski definition) is 3. The van der Waals surface area contributed by atoms with Gasteiger partial charge in [-0.25, -0.2) is 4.79 Å². The van der Waals surface area contributed by atoms with Crippen LogP contribution in [-0.4, -0.2) is 65.4 Å². The second-order valence-corrected chi connectivity index (χ2v) is 7.39. The first-order valence-electron chi connectivity index (χ1n) is 10.3. The summed E-state index contributed by atoms with van der Waals surface area (Å²) >= 11 is 0. The Morgan fingerprint density at radius 2 is 1.74 bits per heavy atom. The number of H-pyrrole nitrogens is 1. The summed E-state index contributed by atoms with van der Waals surface area (Å²) in [7, 11) is 0. The fraction of sp³-hybridized carbons (Fsp3) is 0.318. The maximum absolute atomic E-state index is 12.8. The van der Waals surface area contributed by atoms with Crippen LogP contribution in [0, 0.1) is 0 Å². The van der Waals surface area contributed by atoms with Gasteiger partial charge in [0.2, 0.25) is 5.91 Å². The van der Waals surface area contributed by atoms with Crippen molar-refractivity contribution in [3.05, 3.63) is 60.2 Å². The number of benzene rings is 1. The average Bonchev–Trinajstić information content (AvgIpc) is 3.47. The van der Waals surface area contributed by atoms with Crippen molar-refractivity contribution in [2.75, 3.05) is 32.7 Å². The molecule has 1 saturated heterocycles. The Bertz CT molecular complexity index is 1020. The topological polar surface area (TPSA) is 111 Å². The van der Waals surface area contributed by atoms with Crippen molar-refractivity contribution in [2.24, 2.45) is 0 Å². The molecule has 0 bridgehead atoms. The predicted molar refractivity (Wildman–Crippen MR) is 114 cm³/mol. The van der Waals surface area contributed by atoms with Crippen LogP contribution in [0.1, 0.15) is 22.7 Å². The van der Waals surface area contributed by atoms with E-state index in [9.17, 15) is 14.4 Å². The van der Waals surface area contributed by atoms with Crippen molar-refractivity contribution in [3.8, 4) is 0 Å². The van der Waals surface area contributed by atoms with E-state index in [1.54, 1.807) is 28.2 Å². The lowest BCUT2D eigenvalue weighted by Gasteiger charge is -2.34. The van der Waals surface area contributed by atoms with Crippen molar-refractivity contribution in [2.45, 2.75) is 13.0 Å². The van der Waals surface area contributed by atoms with E-state index in [2.05, 4.69) is 15.6 Å². The third-order valence-corrected chi connectivity index (χ3v) is 5.28. The summed E-state index contributed by atoms with van der Waals surface area (Å²) < 4.78 is 5.15. The highest BCUT2D eigenvalue weighted by Crippen LogP contribution is 2.17. The summed E-state index contributed by atoms with van der Waals surface area (Å²) in [4.78, 5) is 43.5. The van der Waals surface area contributed by atoms with Crippen molar-refractivity contribution >= 4 is 28.7 Å². The molecular weight excluding hydrogens is 398 g/mol. The first-order valence-corrected chi connectivity index (χ1v) is 10.3. The summed E-state index contributed by atoms with van der Waals surface area (Å²) in [5, 5.41) is 6.50. The molecule has 3 heterocycles. The van der Waals surface area contributed by atoms with E-state index in [1.165, 1.54) is 0 Å². The molecule has 1 fully saturated rings. The first kappa shape index (κ1) is 20.5. The van der Waals surface area contributed by atoms with Crippen LogP contribution >= 0.6 is 0 Å². The SMILES string of the molecule is O=C(CCNC(=O)N1CCN(C(=O)c2cc3ccccc3[nH]2)CC1)NCc1ccco1. The van der Waals surface area contributed by atoms with Crippen molar-refractivity contribution < 1.29 is 18.8 Å². The summed E-state index contributed by atoms with van der Waals surface area (Å²) in [6.45, 7) is 2.39. The van der Waals surface area contributed by atoms with Crippen LogP contribution in [0.5, 0.6) is 0 Å². The number of aromatic amines is 1. The van der Waals surface area contributed by atoms with E-state index in [1.807, 2.05) is 30.3 Å². The molecule has 31 heavy (non-hydrogen) atoms. The van der Waals surface area contributed by atoms with Gasteiger partial charge >= 0.3 is 6.03 Å². The molecule has 0 saturated carbocycles. The zero-order chi connectivity index (χ0) is 21.6. The second-order valence-electron chi connectivity index (χ2n) is 7.39. The lowest BCUT2D eigenvalue weighted by molar-refractivity contribution is -0.121.